The highest BCUT2D eigenvalue weighted by atomic mass is 16.6. The molecule has 0 aliphatic rings. The van der Waals surface area contributed by atoms with Gasteiger partial charge in [0.2, 0.25) is 0 Å². The molecule has 2 atom stereocenters. The van der Waals surface area contributed by atoms with Crippen molar-refractivity contribution in [3.63, 3.8) is 0 Å². The van der Waals surface area contributed by atoms with Crippen molar-refractivity contribution in [3.8, 4) is 11.5 Å². The number of nitro benzene ring substituents is 1. The molecule has 0 aromatic heterocycles. The summed E-state index contributed by atoms with van der Waals surface area (Å²) in [6, 6.07) is 4.95. The second-order valence-electron chi connectivity index (χ2n) is 7.34. The molecule has 0 N–H and O–H groups in total. The number of ether oxygens (including phenoxy) is 2. The maximum atomic E-state index is 11.5. The highest BCUT2D eigenvalue weighted by Gasteiger charge is 2.19. The quantitative estimate of drug-likeness (QED) is 0.249. The Kier molecular flexibility index (Phi) is 11.5. The van der Waals surface area contributed by atoms with Gasteiger partial charge in [-0.3, -0.25) is 10.1 Å². The summed E-state index contributed by atoms with van der Waals surface area (Å²) in [5.41, 5.74) is -0.0144. The van der Waals surface area contributed by atoms with E-state index in [0.717, 1.165) is 38.5 Å². The van der Waals surface area contributed by atoms with Gasteiger partial charge in [-0.2, -0.15) is 0 Å². The Hall–Kier alpha value is -1.78. The molecule has 0 radical (unpaired) electrons. The number of rotatable bonds is 15. The zero-order valence-corrected chi connectivity index (χ0v) is 17.5. The molecule has 2 unspecified atom stereocenters. The Morgan fingerprint density at radius 3 is 1.96 bits per heavy atom. The number of nitro groups is 1. The Morgan fingerprint density at radius 2 is 1.48 bits per heavy atom. The number of benzene rings is 1. The topological polar surface area (TPSA) is 61.6 Å². The van der Waals surface area contributed by atoms with E-state index in [1.807, 2.05) is 0 Å². The average Bonchev–Trinajstić information content (AvgIpc) is 2.68. The van der Waals surface area contributed by atoms with Crippen LogP contribution in [-0.2, 0) is 0 Å². The van der Waals surface area contributed by atoms with Gasteiger partial charge >= 0.3 is 5.69 Å². The lowest BCUT2D eigenvalue weighted by Gasteiger charge is -2.17. The summed E-state index contributed by atoms with van der Waals surface area (Å²) < 4.78 is 11.6. The van der Waals surface area contributed by atoms with E-state index in [2.05, 4.69) is 27.7 Å². The maximum Gasteiger partial charge on any atom is 0.314 e. The molecule has 0 fully saturated rings. The molecule has 0 heterocycles. The van der Waals surface area contributed by atoms with Crippen LogP contribution in [0.1, 0.15) is 79.1 Å². The monoisotopic (exact) mass is 379 g/mol. The summed E-state index contributed by atoms with van der Waals surface area (Å²) in [4.78, 5) is 11.1. The number of unbranched alkanes of at least 4 members (excludes halogenated alkanes) is 2. The lowest BCUT2D eigenvalue weighted by molar-refractivity contribution is -0.386. The molecule has 1 aromatic rings. The molecular weight excluding hydrogens is 342 g/mol. The molecule has 0 aliphatic heterocycles. The van der Waals surface area contributed by atoms with Crippen LogP contribution in [0.3, 0.4) is 0 Å². The van der Waals surface area contributed by atoms with Crippen LogP contribution in [0.25, 0.3) is 0 Å². The van der Waals surface area contributed by atoms with E-state index in [4.69, 9.17) is 9.47 Å². The van der Waals surface area contributed by atoms with Crippen molar-refractivity contribution >= 4 is 5.69 Å². The third-order valence-corrected chi connectivity index (χ3v) is 5.17. The minimum Gasteiger partial charge on any atom is -0.493 e. The third kappa shape index (κ3) is 8.63. The van der Waals surface area contributed by atoms with Crippen LogP contribution in [0.2, 0.25) is 0 Å². The second kappa shape index (κ2) is 13.4. The van der Waals surface area contributed by atoms with Gasteiger partial charge in [-0.1, -0.05) is 66.2 Å². The first kappa shape index (κ1) is 23.3. The number of hydrogen-bond donors (Lipinski definition) is 0. The Morgan fingerprint density at radius 1 is 0.926 bits per heavy atom. The summed E-state index contributed by atoms with van der Waals surface area (Å²) in [5, 5.41) is 11.5. The van der Waals surface area contributed by atoms with Crippen molar-refractivity contribution in [1.29, 1.82) is 0 Å². The molecule has 0 spiro atoms. The maximum absolute atomic E-state index is 11.5. The fourth-order valence-electron chi connectivity index (χ4n) is 3.07. The molecule has 5 nitrogen and oxygen atoms in total. The van der Waals surface area contributed by atoms with Crippen LogP contribution in [0.15, 0.2) is 18.2 Å². The standard InChI is InChI=1S/C22H37NO4/c1-5-9-11-18(7-3)16-26-20-13-14-22(21(15-20)23(24)25)27-17-19(8-4)12-10-6-2/h13-15,18-19H,5-12,16-17H2,1-4H3. The largest absolute Gasteiger partial charge is 0.493 e. The van der Waals surface area contributed by atoms with E-state index in [0.29, 0.717) is 36.5 Å². The van der Waals surface area contributed by atoms with Gasteiger partial charge in [0.1, 0.15) is 5.75 Å². The van der Waals surface area contributed by atoms with E-state index in [1.54, 1.807) is 12.1 Å². The fraction of sp³-hybridized carbons (Fsp3) is 0.727. The Bertz CT molecular complexity index is 547. The molecule has 1 aromatic carbocycles. The van der Waals surface area contributed by atoms with Crippen LogP contribution >= 0.6 is 0 Å². The minimum atomic E-state index is -0.385. The van der Waals surface area contributed by atoms with Crippen LogP contribution in [0.4, 0.5) is 5.69 Å². The van der Waals surface area contributed by atoms with Crippen molar-refractivity contribution in [3.05, 3.63) is 28.3 Å². The number of nitrogens with zero attached hydrogens (tertiary/aromatic N) is 1. The summed E-state index contributed by atoms with van der Waals surface area (Å²) in [6.07, 6.45) is 8.97. The van der Waals surface area contributed by atoms with Gasteiger partial charge in [0.25, 0.3) is 0 Å². The summed E-state index contributed by atoms with van der Waals surface area (Å²) in [7, 11) is 0. The zero-order chi connectivity index (χ0) is 20.1. The second-order valence-corrected chi connectivity index (χ2v) is 7.34. The van der Waals surface area contributed by atoms with E-state index in [9.17, 15) is 10.1 Å². The molecule has 27 heavy (non-hydrogen) atoms. The Labute approximate surface area is 164 Å². The average molecular weight is 380 g/mol. The van der Waals surface area contributed by atoms with Gasteiger partial charge in [0, 0.05) is 0 Å². The van der Waals surface area contributed by atoms with Gasteiger partial charge in [-0.15, -0.1) is 0 Å². The predicted molar refractivity (Wildman–Crippen MR) is 111 cm³/mol. The summed E-state index contributed by atoms with van der Waals surface area (Å²) in [5.74, 6) is 1.80. The molecule has 154 valence electrons. The van der Waals surface area contributed by atoms with E-state index < -0.39 is 0 Å². The van der Waals surface area contributed by atoms with Gasteiger partial charge in [-0.25, -0.2) is 0 Å². The van der Waals surface area contributed by atoms with Crippen LogP contribution in [0.5, 0.6) is 11.5 Å². The van der Waals surface area contributed by atoms with Gasteiger partial charge in [0.15, 0.2) is 5.75 Å². The van der Waals surface area contributed by atoms with Crippen molar-refractivity contribution in [2.45, 2.75) is 79.1 Å². The molecular formula is C22H37NO4. The van der Waals surface area contributed by atoms with Crippen LogP contribution in [0, 0.1) is 22.0 Å². The lowest BCUT2D eigenvalue weighted by Crippen LogP contribution is -2.13. The summed E-state index contributed by atoms with van der Waals surface area (Å²) >= 11 is 0. The van der Waals surface area contributed by atoms with Crippen LogP contribution in [-0.4, -0.2) is 18.1 Å². The first-order valence-corrected chi connectivity index (χ1v) is 10.6. The molecule has 0 aliphatic carbocycles. The van der Waals surface area contributed by atoms with Gasteiger partial charge < -0.3 is 9.47 Å². The van der Waals surface area contributed by atoms with Crippen molar-refractivity contribution in [1.82, 2.24) is 0 Å². The van der Waals surface area contributed by atoms with Crippen LogP contribution < -0.4 is 9.47 Å². The Balaban J connectivity index is 2.72. The third-order valence-electron chi connectivity index (χ3n) is 5.17. The molecule has 0 amide bonds. The molecule has 5 heteroatoms. The van der Waals surface area contributed by atoms with Crippen molar-refractivity contribution in [2.75, 3.05) is 13.2 Å². The normalized spacial score (nSPS) is 13.2. The first-order valence-electron chi connectivity index (χ1n) is 10.6. The van der Waals surface area contributed by atoms with Crippen molar-refractivity contribution < 1.29 is 14.4 Å². The van der Waals surface area contributed by atoms with Gasteiger partial charge in [-0.05, 0) is 36.8 Å². The fourth-order valence-corrected chi connectivity index (χ4v) is 3.07. The predicted octanol–water partition coefficient (Wildman–Crippen LogP) is 6.79. The molecule has 1 rings (SSSR count). The minimum absolute atomic E-state index is 0.0144. The molecule has 0 saturated carbocycles. The highest BCUT2D eigenvalue weighted by Crippen LogP contribution is 2.32. The van der Waals surface area contributed by atoms with Crippen molar-refractivity contribution in [2.24, 2.45) is 11.8 Å². The molecule has 0 bridgehead atoms. The highest BCUT2D eigenvalue weighted by molar-refractivity contribution is 5.50. The number of hydrogen-bond acceptors (Lipinski definition) is 4. The first-order chi connectivity index (χ1) is 13.0. The van der Waals surface area contributed by atoms with E-state index >= 15 is 0 Å². The van der Waals surface area contributed by atoms with E-state index in [-0.39, 0.29) is 10.6 Å². The zero-order valence-electron chi connectivity index (χ0n) is 17.5. The summed E-state index contributed by atoms with van der Waals surface area (Å²) in [6.45, 7) is 9.77. The van der Waals surface area contributed by atoms with E-state index in [1.165, 1.54) is 18.9 Å². The molecule has 0 saturated heterocycles. The van der Waals surface area contributed by atoms with Gasteiger partial charge in [0.05, 0.1) is 24.2 Å². The lowest BCUT2D eigenvalue weighted by atomic mass is 10.0. The smallest absolute Gasteiger partial charge is 0.314 e. The SMILES string of the molecule is CCCCC(CC)COc1ccc(OCC(CC)CCCC)c([N+](=O)[O-])c1.